The van der Waals surface area contributed by atoms with Gasteiger partial charge in [-0.15, -0.1) is 0 Å². The molecule has 2 unspecified atom stereocenters. The van der Waals surface area contributed by atoms with Crippen molar-refractivity contribution in [3.63, 3.8) is 0 Å². The molecule has 2 heterocycles. The van der Waals surface area contributed by atoms with Crippen molar-refractivity contribution in [1.29, 1.82) is 0 Å². The van der Waals surface area contributed by atoms with Gasteiger partial charge in [0.05, 0.1) is 6.61 Å². The van der Waals surface area contributed by atoms with E-state index in [1.165, 1.54) is 0 Å². The molecule has 148 valence electrons. The van der Waals surface area contributed by atoms with E-state index in [-0.39, 0.29) is 5.82 Å². The van der Waals surface area contributed by atoms with Gasteiger partial charge in [0.15, 0.2) is 12.1 Å². The van der Waals surface area contributed by atoms with Crippen LogP contribution in [0.15, 0.2) is 24.4 Å². The van der Waals surface area contributed by atoms with E-state index in [4.69, 9.17) is 14.5 Å². The third-order valence-electron chi connectivity index (χ3n) is 3.45. The van der Waals surface area contributed by atoms with E-state index < -0.39 is 64.0 Å². The molecule has 0 saturated carbocycles. The maximum absolute atomic E-state index is 13.4. The highest BCUT2D eigenvalue weighted by atomic mass is 31.2. The second-order valence-corrected chi connectivity index (χ2v) is 9.56. The number of aliphatic hydroxyl groups excluding tert-OH is 2. The normalized spacial score (nSPS) is 32.2. The Morgan fingerprint density at radius 2 is 1.92 bits per heavy atom. The number of aliphatic hydroxyl groups is 2. The van der Waals surface area contributed by atoms with Gasteiger partial charge < -0.3 is 44.4 Å². The van der Waals surface area contributed by atoms with Crippen molar-refractivity contribution in [3.05, 3.63) is 24.4 Å². The van der Waals surface area contributed by atoms with Crippen LogP contribution in [-0.2, 0) is 23.2 Å². The van der Waals surface area contributed by atoms with Crippen LogP contribution in [-0.4, -0.2) is 72.8 Å². The molecule has 0 aliphatic carbocycles. The number of nitrogens with one attached hydrogen (secondary N) is 1. The first kappa shape index (κ1) is 21.2. The molecule has 12 nitrogen and oxygen atoms in total. The van der Waals surface area contributed by atoms with Crippen LogP contribution in [0.4, 0.5) is 4.39 Å². The quantitative estimate of drug-likeness (QED) is 0.275. The Labute approximate surface area is 146 Å². The highest BCUT2D eigenvalue weighted by molar-refractivity contribution is 7.70. The minimum absolute atomic E-state index is 0.149. The molecule has 1 saturated heterocycles. The van der Waals surface area contributed by atoms with Crippen molar-refractivity contribution in [3.8, 4) is 0 Å². The van der Waals surface area contributed by atoms with Crippen molar-refractivity contribution in [2.45, 2.75) is 24.5 Å². The third kappa shape index (κ3) is 4.97. The van der Waals surface area contributed by atoms with Gasteiger partial charge in [0.25, 0.3) is 5.91 Å². The molecular formula is C11H17FN2O10P2. The second-order valence-electron chi connectivity index (χ2n) is 5.57. The summed E-state index contributed by atoms with van der Waals surface area (Å²) in [5.41, 5.74) is 0. The molecule has 0 radical (unpaired) electrons. The average molecular weight is 418 g/mol. The Kier molecular flexibility index (Phi) is 6.08. The van der Waals surface area contributed by atoms with E-state index in [0.29, 0.717) is 6.20 Å². The first-order chi connectivity index (χ1) is 11.8. The molecule has 5 atom stereocenters. The summed E-state index contributed by atoms with van der Waals surface area (Å²) in [5.74, 6) is -3.84. The lowest BCUT2D eigenvalue weighted by molar-refractivity contribution is -0.121. The summed E-state index contributed by atoms with van der Waals surface area (Å²) in [6.45, 7) is 2.65. The molecule has 0 bridgehead atoms. The fourth-order valence-corrected chi connectivity index (χ4v) is 4.87. The summed E-state index contributed by atoms with van der Waals surface area (Å²) >= 11 is 0. The van der Waals surface area contributed by atoms with Crippen LogP contribution >= 0.6 is 15.2 Å². The number of hydrogen-bond acceptors (Lipinski definition) is 8. The van der Waals surface area contributed by atoms with E-state index in [2.05, 4.69) is 16.4 Å². The summed E-state index contributed by atoms with van der Waals surface area (Å²) in [7, 11) is -9.52. The summed E-state index contributed by atoms with van der Waals surface area (Å²) in [4.78, 5) is 38.9. The van der Waals surface area contributed by atoms with Gasteiger partial charge in [-0.1, -0.05) is 6.58 Å². The molecule has 0 aromatic heterocycles. The van der Waals surface area contributed by atoms with E-state index >= 15 is 0 Å². The molecule has 0 spiro atoms. The lowest BCUT2D eigenvalue weighted by atomic mass is 10.1. The number of carbonyl (C=O) groups excluding carboxylic acids is 1. The SMILES string of the molecule is C=C1NC(=O)C(F)=CN1[C@@H]1O[C@H](COP(=O)(O)CP(=O)(O)O)[C@H](O)C1O. The minimum Gasteiger partial charge on any atom is -0.387 e. The summed E-state index contributed by atoms with van der Waals surface area (Å²) in [6, 6.07) is 0. The fourth-order valence-electron chi connectivity index (χ4n) is 2.30. The zero-order chi connectivity index (χ0) is 19.9. The topological polar surface area (TPSA) is 186 Å². The summed E-state index contributed by atoms with van der Waals surface area (Å²) in [5, 5.41) is 22.0. The zero-order valence-electron chi connectivity index (χ0n) is 13.0. The number of amides is 1. The molecule has 2 aliphatic rings. The molecular weight excluding hydrogens is 401 g/mol. The van der Waals surface area contributed by atoms with E-state index in [9.17, 15) is 33.4 Å². The van der Waals surface area contributed by atoms with Gasteiger partial charge in [0.2, 0.25) is 5.83 Å². The fraction of sp³-hybridized carbons (Fsp3) is 0.545. The van der Waals surface area contributed by atoms with Crippen molar-refractivity contribution < 1.29 is 52.5 Å². The number of hydrogen-bond donors (Lipinski definition) is 6. The lowest BCUT2D eigenvalue weighted by Crippen LogP contribution is -2.47. The van der Waals surface area contributed by atoms with Gasteiger partial charge in [0.1, 0.15) is 24.1 Å². The molecule has 26 heavy (non-hydrogen) atoms. The van der Waals surface area contributed by atoms with E-state index in [1.54, 1.807) is 0 Å². The number of rotatable bonds is 6. The zero-order valence-corrected chi connectivity index (χ0v) is 14.8. The standard InChI is InChI=1S/C11H17FN2O10P2/c1-5-13-10(17)6(12)2-14(5)11-9(16)8(15)7(24-11)3-23-26(21,22)4-25(18,19)20/h2,7-9,11,15-16H,1,3-4H2,(H,13,17)(H,21,22)(H2,18,19,20)/t7-,8+,9?,11-/m1/s1. The highest BCUT2D eigenvalue weighted by Gasteiger charge is 2.47. The molecule has 1 fully saturated rings. The van der Waals surface area contributed by atoms with Gasteiger partial charge in [-0.3, -0.25) is 13.9 Å². The maximum atomic E-state index is 13.4. The van der Waals surface area contributed by atoms with Crippen LogP contribution in [0, 0.1) is 0 Å². The third-order valence-corrected chi connectivity index (χ3v) is 6.91. The molecule has 2 aliphatic heterocycles. The number of carbonyl (C=O) groups is 1. The molecule has 6 N–H and O–H groups in total. The Balaban J connectivity index is 2.06. The second kappa shape index (κ2) is 7.47. The maximum Gasteiger partial charge on any atom is 0.340 e. The number of halogens is 1. The van der Waals surface area contributed by atoms with Crippen LogP contribution < -0.4 is 5.32 Å². The van der Waals surface area contributed by atoms with E-state index in [1.807, 2.05) is 0 Å². The molecule has 2 rings (SSSR count). The van der Waals surface area contributed by atoms with Crippen LogP contribution in [0.5, 0.6) is 0 Å². The monoisotopic (exact) mass is 418 g/mol. The highest BCUT2D eigenvalue weighted by Crippen LogP contribution is 2.55. The summed E-state index contributed by atoms with van der Waals surface area (Å²) in [6.07, 6.45) is -5.38. The van der Waals surface area contributed by atoms with Crippen molar-refractivity contribution in [2.75, 3.05) is 12.5 Å². The number of ether oxygens (including phenoxy) is 1. The predicted molar refractivity (Wildman–Crippen MR) is 81.7 cm³/mol. The minimum atomic E-state index is -4.83. The van der Waals surface area contributed by atoms with Crippen LogP contribution in [0.1, 0.15) is 0 Å². The van der Waals surface area contributed by atoms with Gasteiger partial charge in [0, 0.05) is 6.20 Å². The Morgan fingerprint density at radius 3 is 2.50 bits per heavy atom. The smallest absolute Gasteiger partial charge is 0.340 e. The molecule has 1 amide bonds. The van der Waals surface area contributed by atoms with Crippen molar-refractivity contribution >= 4 is 21.1 Å². The van der Waals surface area contributed by atoms with E-state index in [0.717, 1.165) is 4.90 Å². The van der Waals surface area contributed by atoms with Crippen molar-refractivity contribution in [1.82, 2.24) is 10.2 Å². The first-order valence-corrected chi connectivity index (χ1v) is 10.6. The van der Waals surface area contributed by atoms with Gasteiger partial charge in [-0.25, -0.2) is 0 Å². The number of nitrogens with zero attached hydrogens (tertiary/aromatic N) is 1. The van der Waals surface area contributed by atoms with Gasteiger partial charge >= 0.3 is 15.2 Å². The summed E-state index contributed by atoms with van der Waals surface area (Å²) < 4.78 is 45.6. The van der Waals surface area contributed by atoms with Crippen LogP contribution in [0.3, 0.4) is 0 Å². The van der Waals surface area contributed by atoms with Crippen LogP contribution in [0.2, 0.25) is 0 Å². The lowest BCUT2D eigenvalue weighted by Gasteiger charge is -2.32. The average Bonchev–Trinajstić information content (AvgIpc) is 2.75. The molecule has 0 aromatic carbocycles. The van der Waals surface area contributed by atoms with Gasteiger partial charge in [-0.05, 0) is 0 Å². The Hall–Kier alpha value is -1.14. The molecule has 0 aromatic rings. The van der Waals surface area contributed by atoms with Crippen molar-refractivity contribution in [2.24, 2.45) is 0 Å². The predicted octanol–water partition coefficient (Wildman–Crippen LogP) is -1.52. The van der Waals surface area contributed by atoms with Crippen LogP contribution in [0.25, 0.3) is 0 Å². The largest absolute Gasteiger partial charge is 0.387 e. The molecule has 15 heteroatoms. The Bertz CT molecular complexity index is 724. The van der Waals surface area contributed by atoms with Gasteiger partial charge in [-0.2, -0.15) is 4.39 Å². The Morgan fingerprint density at radius 1 is 1.31 bits per heavy atom. The first-order valence-electron chi connectivity index (χ1n) is 6.99.